The Bertz CT molecular complexity index is 66.8. The Morgan fingerprint density at radius 1 is 1.00 bits per heavy atom. The maximum absolute atomic E-state index is 3.47. The van der Waals surface area contributed by atoms with Crippen molar-refractivity contribution in [3.05, 3.63) is 0 Å². The van der Waals surface area contributed by atoms with Crippen LogP contribution in [0.1, 0.15) is 41.0 Å². The van der Waals surface area contributed by atoms with E-state index in [0.717, 1.165) is 5.92 Å². The zero-order valence-electron chi connectivity index (χ0n) is 7.94. The Hall–Kier alpha value is -0.0400. The molecule has 0 aromatic heterocycles. The Balaban J connectivity index is 3.34. The second kappa shape index (κ2) is 4.73. The van der Waals surface area contributed by atoms with Crippen LogP contribution in [0, 0.1) is 5.92 Å². The highest BCUT2D eigenvalue weighted by atomic mass is 14.9. The van der Waals surface area contributed by atoms with E-state index in [1.165, 1.54) is 6.42 Å². The average Bonchev–Trinajstić information content (AvgIpc) is 1.58. The minimum absolute atomic E-state index is 0.619. The zero-order chi connectivity index (χ0) is 8.15. The van der Waals surface area contributed by atoms with E-state index in [-0.39, 0.29) is 0 Å². The lowest BCUT2D eigenvalue weighted by molar-refractivity contribution is 0.413. The van der Waals surface area contributed by atoms with Crippen LogP contribution in [0.15, 0.2) is 0 Å². The molecule has 62 valence electrons. The average molecular weight is 143 g/mol. The summed E-state index contributed by atoms with van der Waals surface area (Å²) in [4.78, 5) is 0. The van der Waals surface area contributed by atoms with Crippen molar-refractivity contribution in [1.82, 2.24) is 5.32 Å². The van der Waals surface area contributed by atoms with Crippen LogP contribution in [0.3, 0.4) is 0 Å². The van der Waals surface area contributed by atoms with Gasteiger partial charge in [0.25, 0.3) is 0 Å². The predicted octanol–water partition coefficient (Wildman–Crippen LogP) is 2.42. The summed E-state index contributed by atoms with van der Waals surface area (Å²) in [7, 11) is 0. The maximum atomic E-state index is 3.47. The normalized spacial score (nSPS) is 14.7. The van der Waals surface area contributed by atoms with Crippen LogP contribution in [0.25, 0.3) is 0 Å². The van der Waals surface area contributed by atoms with Gasteiger partial charge in [-0.2, -0.15) is 0 Å². The first kappa shape index (κ1) is 9.96. The second-order valence-electron chi connectivity index (χ2n) is 3.85. The molecule has 1 heteroatoms. The third-order valence-electron chi connectivity index (χ3n) is 1.44. The summed E-state index contributed by atoms with van der Waals surface area (Å²) in [6.45, 7) is 11.2. The van der Waals surface area contributed by atoms with E-state index in [1.54, 1.807) is 0 Å². The molecule has 1 atom stereocenters. The van der Waals surface area contributed by atoms with Gasteiger partial charge in [-0.05, 0) is 19.3 Å². The maximum Gasteiger partial charge on any atom is 0.00435 e. The zero-order valence-corrected chi connectivity index (χ0v) is 7.94. The van der Waals surface area contributed by atoms with Crippen molar-refractivity contribution < 1.29 is 0 Å². The van der Waals surface area contributed by atoms with Crippen LogP contribution in [0.5, 0.6) is 0 Å². The van der Waals surface area contributed by atoms with Crippen LogP contribution < -0.4 is 5.32 Å². The second-order valence-corrected chi connectivity index (χ2v) is 3.85. The summed E-state index contributed by atoms with van der Waals surface area (Å²) in [6.07, 6.45) is 1.28. The minimum atomic E-state index is 0.619. The third kappa shape index (κ3) is 6.09. The molecule has 0 unspecified atom stereocenters. The van der Waals surface area contributed by atoms with Gasteiger partial charge in [-0.15, -0.1) is 0 Å². The van der Waals surface area contributed by atoms with E-state index in [1.807, 2.05) is 0 Å². The molecule has 0 bridgehead atoms. The summed E-state index contributed by atoms with van der Waals surface area (Å²) < 4.78 is 0. The fourth-order valence-corrected chi connectivity index (χ4v) is 1.34. The van der Waals surface area contributed by atoms with Gasteiger partial charge in [-0.3, -0.25) is 0 Å². The lowest BCUT2D eigenvalue weighted by atomic mass is 10.0. The van der Waals surface area contributed by atoms with Crippen LogP contribution in [-0.4, -0.2) is 12.1 Å². The Labute approximate surface area is 65.2 Å². The third-order valence-corrected chi connectivity index (χ3v) is 1.44. The molecule has 10 heavy (non-hydrogen) atoms. The predicted molar refractivity (Wildman–Crippen MR) is 47.2 cm³/mol. The lowest BCUT2D eigenvalue weighted by Gasteiger charge is -2.18. The quantitative estimate of drug-likeness (QED) is 0.637. The summed E-state index contributed by atoms with van der Waals surface area (Å²) in [6, 6.07) is 1.29. The largest absolute Gasteiger partial charge is 0.312 e. The van der Waals surface area contributed by atoms with Gasteiger partial charge < -0.3 is 5.32 Å². The molecule has 0 aromatic carbocycles. The van der Waals surface area contributed by atoms with Crippen LogP contribution in [-0.2, 0) is 0 Å². The van der Waals surface area contributed by atoms with Crippen molar-refractivity contribution in [1.29, 1.82) is 0 Å². The number of nitrogens with one attached hydrogen (secondary N) is 1. The SMILES string of the molecule is CC(C)C[C@H](C)NC(C)C. The first-order chi connectivity index (χ1) is 4.52. The van der Waals surface area contributed by atoms with Gasteiger partial charge in [0.2, 0.25) is 0 Å². The van der Waals surface area contributed by atoms with Crippen molar-refractivity contribution in [2.24, 2.45) is 5.92 Å². The van der Waals surface area contributed by atoms with Crippen molar-refractivity contribution in [2.75, 3.05) is 0 Å². The highest BCUT2D eigenvalue weighted by Gasteiger charge is 2.04. The van der Waals surface area contributed by atoms with Crippen molar-refractivity contribution in [2.45, 2.75) is 53.1 Å². The van der Waals surface area contributed by atoms with Gasteiger partial charge in [0.1, 0.15) is 0 Å². The smallest absolute Gasteiger partial charge is 0.00435 e. The van der Waals surface area contributed by atoms with Crippen molar-refractivity contribution >= 4 is 0 Å². The summed E-state index contributed by atoms with van der Waals surface area (Å²) in [5, 5.41) is 3.47. The topological polar surface area (TPSA) is 12.0 Å². The molecule has 1 nitrogen and oxygen atoms in total. The molecule has 1 N–H and O–H groups in total. The molecule has 0 amide bonds. The summed E-state index contributed by atoms with van der Waals surface area (Å²) in [5.74, 6) is 0.807. The highest BCUT2D eigenvalue weighted by molar-refractivity contribution is 4.64. The molecule has 0 saturated heterocycles. The van der Waals surface area contributed by atoms with E-state index < -0.39 is 0 Å². The molecular formula is C9H21N. The van der Waals surface area contributed by atoms with Crippen molar-refractivity contribution in [3.63, 3.8) is 0 Å². The van der Waals surface area contributed by atoms with E-state index in [9.17, 15) is 0 Å². The standard InChI is InChI=1S/C9H21N/c1-7(2)6-9(5)10-8(3)4/h7-10H,6H2,1-5H3/t9-/m0/s1. The summed E-state index contributed by atoms with van der Waals surface area (Å²) >= 11 is 0. The van der Waals surface area contributed by atoms with Crippen molar-refractivity contribution in [3.8, 4) is 0 Å². The lowest BCUT2D eigenvalue weighted by Crippen LogP contribution is -2.33. The van der Waals surface area contributed by atoms with Gasteiger partial charge in [-0.1, -0.05) is 27.7 Å². The Kier molecular flexibility index (Phi) is 4.71. The number of rotatable bonds is 4. The van der Waals surface area contributed by atoms with E-state index in [2.05, 4.69) is 39.9 Å². The van der Waals surface area contributed by atoms with Crippen LogP contribution in [0.2, 0.25) is 0 Å². The molecule has 0 aliphatic heterocycles. The fraction of sp³-hybridized carbons (Fsp3) is 1.00. The number of hydrogen-bond acceptors (Lipinski definition) is 1. The molecule has 0 radical (unpaired) electrons. The molecule has 0 aliphatic rings. The molecule has 0 saturated carbocycles. The van der Waals surface area contributed by atoms with Gasteiger partial charge >= 0.3 is 0 Å². The van der Waals surface area contributed by atoms with Gasteiger partial charge in [0.05, 0.1) is 0 Å². The molecule has 0 aromatic rings. The minimum Gasteiger partial charge on any atom is -0.312 e. The molecular weight excluding hydrogens is 122 g/mol. The van der Waals surface area contributed by atoms with Gasteiger partial charge in [0.15, 0.2) is 0 Å². The fourth-order valence-electron chi connectivity index (χ4n) is 1.34. The van der Waals surface area contributed by atoms with E-state index >= 15 is 0 Å². The molecule has 0 aliphatic carbocycles. The van der Waals surface area contributed by atoms with Gasteiger partial charge in [0, 0.05) is 12.1 Å². The first-order valence-electron chi connectivity index (χ1n) is 4.28. The van der Waals surface area contributed by atoms with Gasteiger partial charge in [-0.25, -0.2) is 0 Å². The van der Waals surface area contributed by atoms with Crippen LogP contribution >= 0.6 is 0 Å². The molecule has 0 heterocycles. The first-order valence-corrected chi connectivity index (χ1v) is 4.28. The molecule has 0 spiro atoms. The Morgan fingerprint density at radius 3 is 1.80 bits per heavy atom. The Morgan fingerprint density at radius 2 is 1.50 bits per heavy atom. The van der Waals surface area contributed by atoms with E-state index in [0.29, 0.717) is 12.1 Å². The highest BCUT2D eigenvalue weighted by Crippen LogP contribution is 2.03. The summed E-state index contributed by atoms with van der Waals surface area (Å²) in [5.41, 5.74) is 0. The molecule has 0 fully saturated rings. The van der Waals surface area contributed by atoms with Crippen LogP contribution in [0.4, 0.5) is 0 Å². The number of hydrogen-bond donors (Lipinski definition) is 1. The van der Waals surface area contributed by atoms with E-state index in [4.69, 9.17) is 0 Å². The monoisotopic (exact) mass is 143 g/mol. The molecule has 0 rings (SSSR count).